The van der Waals surface area contributed by atoms with E-state index < -0.39 is 0 Å². The summed E-state index contributed by atoms with van der Waals surface area (Å²) in [5.41, 5.74) is 2.53. The van der Waals surface area contributed by atoms with E-state index in [1.807, 2.05) is 19.0 Å². The third-order valence-electron chi connectivity index (χ3n) is 3.77. The number of amides is 2. The number of hydrogen-bond acceptors (Lipinski definition) is 3. The molecule has 1 saturated heterocycles. The highest BCUT2D eigenvalue weighted by atomic mass is 16.2. The minimum Gasteiger partial charge on any atom is -0.368 e. The van der Waals surface area contributed by atoms with E-state index in [9.17, 15) is 4.79 Å². The van der Waals surface area contributed by atoms with Crippen molar-refractivity contribution in [1.82, 2.24) is 15.1 Å². The summed E-state index contributed by atoms with van der Waals surface area (Å²) in [4.78, 5) is 18.4. The van der Waals surface area contributed by atoms with Crippen LogP contribution in [0.25, 0.3) is 0 Å². The topological polar surface area (TPSA) is 38.8 Å². The van der Waals surface area contributed by atoms with Crippen LogP contribution in [0.15, 0.2) is 24.3 Å². The Balaban J connectivity index is 1.79. The highest BCUT2D eigenvalue weighted by Crippen LogP contribution is 2.17. The van der Waals surface area contributed by atoms with Gasteiger partial charge in [0.1, 0.15) is 0 Å². The van der Waals surface area contributed by atoms with E-state index in [1.54, 1.807) is 0 Å². The lowest BCUT2D eigenvalue weighted by Crippen LogP contribution is -2.52. The summed E-state index contributed by atoms with van der Waals surface area (Å²) in [7, 11) is 4.01. The molecule has 0 aromatic heterocycles. The summed E-state index contributed by atoms with van der Waals surface area (Å²) in [6.07, 6.45) is 0. The average molecular weight is 290 g/mol. The zero-order valence-electron chi connectivity index (χ0n) is 13.3. The molecule has 1 fully saturated rings. The Morgan fingerprint density at radius 1 is 1.24 bits per heavy atom. The first kappa shape index (κ1) is 15.6. The first-order chi connectivity index (χ1) is 10.1. The van der Waals surface area contributed by atoms with Crippen molar-refractivity contribution in [2.75, 3.05) is 58.3 Å². The zero-order chi connectivity index (χ0) is 15.2. The van der Waals surface area contributed by atoms with Gasteiger partial charge in [-0.3, -0.25) is 0 Å². The molecule has 0 spiro atoms. The molecule has 1 aromatic rings. The molecule has 5 heteroatoms. The molecule has 2 amide bonds. The molecule has 0 atom stereocenters. The van der Waals surface area contributed by atoms with Crippen molar-refractivity contribution in [3.63, 3.8) is 0 Å². The minimum absolute atomic E-state index is 0.0562. The van der Waals surface area contributed by atoms with E-state index >= 15 is 0 Å². The lowest BCUT2D eigenvalue weighted by Gasteiger charge is -2.36. The summed E-state index contributed by atoms with van der Waals surface area (Å²) < 4.78 is 0. The Labute approximate surface area is 127 Å². The number of carbonyl (C=O) groups excluding carboxylic acids is 1. The van der Waals surface area contributed by atoms with Gasteiger partial charge in [0.25, 0.3) is 0 Å². The number of nitrogens with zero attached hydrogens (tertiary/aromatic N) is 3. The van der Waals surface area contributed by atoms with Crippen LogP contribution in [0.1, 0.15) is 5.56 Å². The quantitative estimate of drug-likeness (QED) is 0.911. The Hall–Kier alpha value is -1.75. The number of urea groups is 1. The number of rotatable bonds is 4. The molecule has 0 unspecified atom stereocenters. The minimum atomic E-state index is 0.0562. The molecular formula is C16H26N4O. The van der Waals surface area contributed by atoms with Gasteiger partial charge < -0.3 is 20.0 Å². The maximum absolute atomic E-state index is 12.1. The Morgan fingerprint density at radius 3 is 2.57 bits per heavy atom. The van der Waals surface area contributed by atoms with Gasteiger partial charge in [0.05, 0.1) is 0 Å². The summed E-state index contributed by atoms with van der Waals surface area (Å²) in [5.74, 6) is 0. The molecule has 21 heavy (non-hydrogen) atoms. The van der Waals surface area contributed by atoms with Crippen LogP contribution in [-0.2, 0) is 0 Å². The van der Waals surface area contributed by atoms with Crippen LogP contribution < -0.4 is 10.2 Å². The third kappa shape index (κ3) is 4.63. The van der Waals surface area contributed by atoms with Gasteiger partial charge >= 0.3 is 6.03 Å². The number of likely N-dealkylation sites (N-methyl/N-ethyl adjacent to an activating group) is 1. The first-order valence-corrected chi connectivity index (χ1v) is 7.55. The van der Waals surface area contributed by atoms with E-state index in [4.69, 9.17) is 0 Å². The fraction of sp³-hybridized carbons (Fsp3) is 0.562. The molecule has 1 aliphatic rings. The highest BCUT2D eigenvalue weighted by Gasteiger charge is 2.20. The number of aryl methyl sites for hydroxylation is 1. The number of hydrogen-bond donors (Lipinski definition) is 1. The monoisotopic (exact) mass is 290 g/mol. The van der Waals surface area contributed by atoms with E-state index in [1.165, 1.54) is 11.3 Å². The molecule has 0 aliphatic carbocycles. The third-order valence-corrected chi connectivity index (χ3v) is 3.77. The molecule has 5 nitrogen and oxygen atoms in total. The van der Waals surface area contributed by atoms with E-state index in [-0.39, 0.29) is 6.03 Å². The predicted octanol–water partition coefficient (Wildman–Crippen LogP) is 1.39. The first-order valence-electron chi connectivity index (χ1n) is 7.55. The smallest absolute Gasteiger partial charge is 0.317 e. The van der Waals surface area contributed by atoms with Crippen molar-refractivity contribution < 1.29 is 4.79 Å². The van der Waals surface area contributed by atoms with E-state index in [0.717, 1.165) is 32.7 Å². The molecule has 1 N–H and O–H groups in total. The lowest BCUT2D eigenvalue weighted by molar-refractivity contribution is 0.193. The van der Waals surface area contributed by atoms with Crippen LogP contribution in [-0.4, -0.2) is 69.2 Å². The summed E-state index contributed by atoms with van der Waals surface area (Å²) in [5, 5.41) is 2.97. The van der Waals surface area contributed by atoms with Crippen LogP contribution >= 0.6 is 0 Å². The van der Waals surface area contributed by atoms with E-state index in [0.29, 0.717) is 6.54 Å². The second kappa shape index (κ2) is 7.31. The normalized spacial score (nSPS) is 15.4. The Bertz CT molecular complexity index is 467. The Morgan fingerprint density at radius 2 is 1.95 bits per heavy atom. The molecular weight excluding hydrogens is 264 g/mol. The van der Waals surface area contributed by atoms with Gasteiger partial charge in [0, 0.05) is 45.0 Å². The average Bonchev–Trinajstić information content (AvgIpc) is 2.47. The Kier molecular flexibility index (Phi) is 5.44. The maximum atomic E-state index is 12.1. The van der Waals surface area contributed by atoms with Crippen molar-refractivity contribution in [3.8, 4) is 0 Å². The zero-order valence-corrected chi connectivity index (χ0v) is 13.3. The second-order valence-corrected chi connectivity index (χ2v) is 5.85. The van der Waals surface area contributed by atoms with Crippen LogP contribution in [0.5, 0.6) is 0 Å². The largest absolute Gasteiger partial charge is 0.368 e. The van der Waals surface area contributed by atoms with Crippen LogP contribution in [0.4, 0.5) is 10.5 Å². The molecule has 0 radical (unpaired) electrons. The van der Waals surface area contributed by atoms with Crippen molar-refractivity contribution in [2.45, 2.75) is 6.92 Å². The fourth-order valence-corrected chi connectivity index (χ4v) is 2.49. The SMILES string of the molecule is Cc1cccc(N2CCN(C(=O)NCCN(C)C)CC2)c1. The molecule has 1 heterocycles. The molecule has 1 aliphatic heterocycles. The summed E-state index contributed by atoms with van der Waals surface area (Å²) in [6, 6.07) is 8.59. The predicted molar refractivity (Wildman–Crippen MR) is 86.9 cm³/mol. The van der Waals surface area contributed by atoms with Crippen LogP contribution in [0.3, 0.4) is 0 Å². The van der Waals surface area contributed by atoms with Gasteiger partial charge in [0.15, 0.2) is 0 Å². The number of benzene rings is 1. The summed E-state index contributed by atoms with van der Waals surface area (Å²) >= 11 is 0. The van der Waals surface area contributed by atoms with Gasteiger partial charge in [-0.05, 0) is 38.7 Å². The van der Waals surface area contributed by atoms with Crippen molar-refractivity contribution >= 4 is 11.7 Å². The van der Waals surface area contributed by atoms with Gasteiger partial charge in [-0.25, -0.2) is 4.79 Å². The van der Waals surface area contributed by atoms with Crippen LogP contribution in [0, 0.1) is 6.92 Å². The number of carbonyl (C=O) groups is 1. The van der Waals surface area contributed by atoms with Crippen molar-refractivity contribution in [3.05, 3.63) is 29.8 Å². The summed E-state index contributed by atoms with van der Waals surface area (Å²) in [6.45, 7) is 7.02. The van der Waals surface area contributed by atoms with Gasteiger partial charge in [-0.2, -0.15) is 0 Å². The van der Waals surface area contributed by atoms with Crippen molar-refractivity contribution in [2.24, 2.45) is 0 Å². The van der Waals surface area contributed by atoms with Gasteiger partial charge in [-0.15, -0.1) is 0 Å². The number of anilines is 1. The number of piperazine rings is 1. The lowest BCUT2D eigenvalue weighted by atomic mass is 10.2. The highest BCUT2D eigenvalue weighted by molar-refractivity contribution is 5.74. The number of nitrogens with one attached hydrogen (secondary N) is 1. The van der Waals surface area contributed by atoms with Gasteiger partial charge in [0.2, 0.25) is 0 Å². The standard InChI is InChI=1S/C16H26N4O/c1-14-5-4-6-15(13-14)19-9-11-20(12-10-19)16(21)17-7-8-18(2)3/h4-6,13H,7-12H2,1-3H3,(H,17,21). The molecule has 1 aromatic carbocycles. The molecule has 0 bridgehead atoms. The molecule has 116 valence electrons. The molecule has 0 saturated carbocycles. The van der Waals surface area contributed by atoms with Crippen LogP contribution in [0.2, 0.25) is 0 Å². The fourth-order valence-electron chi connectivity index (χ4n) is 2.49. The molecule has 2 rings (SSSR count). The van der Waals surface area contributed by atoms with E-state index in [2.05, 4.69) is 46.3 Å². The van der Waals surface area contributed by atoms with Gasteiger partial charge in [-0.1, -0.05) is 12.1 Å². The van der Waals surface area contributed by atoms with Crippen molar-refractivity contribution in [1.29, 1.82) is 0 Å². The second-order valence-electron chi connectivity index (χ2n) is 5.85. The maximum Gasteiger partial charge on any atom is 0.317 e.